The Kier molecular flexibility index (Phi) is 5.21. The van der Waals surface area contributed by atoms with Gasteiger partial charge >= 0.3 is 0 Å². The summed E-state index contributed by atoms with van der Waals surface area (Å²) >= 11 is 0. The van der Waals surface area contributed by atoms with Gasteiger partial charge in [0.05, 0.1) is 0 Å². The van der Waals surface area contributed by atoms with Crippen molar-refractivity contribution >= 4 is 0 Å². The second kappa shape index (κ2) is 6.91. The molecule has 1 N–H and O–H groups in total. The van der Waals surface area contributed by atoms with E-state index in [4.69, 9.17) is 0 Å². The molecular formula is C16H26N2. The molecule has 1 aliphatic heterocycles. The second-order valence-corrected chi connectivity index (χ2v) is 5.58. The number of hydrogen-bond donors (Lipinski definition) is 1. The lowest BCUT2D eigenvalue weighted by Crippen LogP contribution is -2.36. The molecule has 1 unspecified atom stereocenters. The van der Waals surface area contributed by atoms with Crippen molar-refractivity contribution in [2.24, 2.45) is 5.92 Å². The first-order chi connectivity index (χ1) is 8.78. The minimum atomic E-state index is 0.832. The van der Waals surface area contributed by atoms with Gasteiger partial charge in [-0.25, -0.2) is 0 Å². The molecule has 1 saturated heterocycles. The van der Waals surface area contributed by atoms with Gasteiger partial charge in [-0.05, 0) is 56.4 Å². The highest BCUT2D eigenvalue weighted by atomic mass is 15.1. The maximum Gasteiger partial charge on any atom is 0.0230 e. The van der Waals surface area contributed by atoms with Gasteiger partial charge in [0.15, 0.2) is 0 Å². The van der Waals surface area contributed by atoms with Crippen LogP contribution in [0.3, 0.4) is 0 Å². The summed E-state index contributed by atoms with van der Waals surface area (Å²) in [5.41, 5.74) is 2.86. The summed E-state index contributed by atoms with van der Waals surface area (Å²) in [6.07, 6.45) is 3.85. The van der Waals surface area contributed by atoms with Crippen LogP contribution >= 0.6 is 0 Å². The molecule has 2 nitrogen and oxygen atoms in total. The largest absolute Gasteiger partial charge is 0.316 e. The number of hydrogen-bond acceptors (Lipinski definition) is 2. The highest BCUT2D eigenvalue weighted by Crippen LogP contribution is 2.13. The summed E-state index contributed by atoms with van der Waals surface area (Å²) in [6, 6.07) is 9.06. The minimum absolute atomic E-state index is 0.832. The van der Waals surface area contributed by atoms with E-state index in [0.717, 1.165) is 18.9 Å². The van der Waals surface area contributed by atoms with Crippen LogP contribution in [-0.2, 0) is 13.0 Å². The molecule has 100 valence electrons. The molecular weight excluding hydrogens is 220 g/mol. The molecule has 1 atom stereocenters. The molecule has 1 aromatic carbocycles. The Balaban J connectivity index is 1.80. The van der Waals surface area contributed by atoms with E-state index in [2.05, 4.69) is 48.5 Å². The van der Waals surface area contributed by atoms with E-state index in [-0.39, 0.29) is 0 Å². The Bertz CT molecular complexity index is 339. The quantitative estimate of drug-likeness (QED) is 0.859. The highest BCUT2D eigenvalue weighted by molar-refractivity contribution is 5.22. The second-order valence-electron chi connectivity index (χ2n) is 5.58. The van der Waals surface area contributed by atoms with Crippen LogP contribution in [0.25, 0.3) is 0 Å². The maximum absolute atomic E-state index is 3.49. The molecule has 1 heterocycles. The molecule has 0 aliphatic carbocycles. The van der Waals surface area contributed by atoms with Crippen molar-refractivity contribution in [2.75, 3.05) is 26.7 Å². The first kappa shape index (κ1) is 13.6. The zero-order valence-electron chi connectivity index (χ0n) is 11.8. The lowest BCUT2D eigenvalue weighted by Gasteiger charge is -2.27. The average molecular weight is 246 g/mol. The fourth-order valence-electron chi connectivity index (χ4n) is 2.78. The summed E-state index contributed by atoms with van der Waals surface area (Å²) in [6.45, 7) is 6.89. The molecule has 2 heteroatoms. The van der Waals surface area contributed by atoms with E-state index in [0.29, 0.717) is 0 Å². The lowest BCUT2D eigenvalue weighted by molar-refractivity contribution is 0.237. The molecule has 1 fully saturated rings. The predicted molar refractivity (Wildman–Crippen MR) is 77.7 cm³/mol. The first-order valence-corrected chi connectivity index (χ1v) is 7.25. The van der Waals surface area contributed by atoms with Crippen molar-refractivity contribution in [1.29, 1.82) is 0 Å². The predicted octanol–water partition coefficient (Wildman–Crippen LogP) is 2.68. The van der Waals surface area contributed by atoms with Crippen LogP contribution < -0.4 is 5.32 Å². The monoisotopic (exact) mass is 246 g/mol. The van der Waals surface area contributed by atoms with Gasteiger partial charge in [0.25, 0.3) is 0 Å². The van der Waals surface area contributed by atoms with Crippen molar-refractivity contribution in [3.8, 4) is 0 Å². The van der Waals surface area contributed by atoms with Crippen LogP contribution in [0.4, 0.5) is 0 Å². The van der Waals surface area contributed by atoms with Crippen LogP contribution in [0.2, 0.25) is 0 Å². The molecule has 0 bridgehead atoms. The van der Waals surface area contributed by atoms with E-state index < -0.39 is 0 Å². The molecule has 0 aromatic heterocycles. The minimum Gasteiger partial charge on any atom is -0.316 e. The maximum atomic E-state index is 3.49. The van der Waals surface area contributed by atoms with Crippen LogP contribution in [-0.4, -0.2) is 31.6 Å². The normalized spacial score (nSPS) is 20.3. The van der Waals surface area contributed by atoms with Gasteiger partial charge in [0, 0.05) is 13.1 Å². The Morgan fingerprint density at radius 1 is 1.22 bits per heavy atom. The van der Waals surface area contributed by atoms with Gasteiger partial charge in [-0.2, -0.15) is 0 Å². The Morgan fingerprint density at radius 3 is 2.56 bits per heavy atom. The third-order valence-electron chi connectivity index (χ3n) is 3.85. The lowest BCUT2D eigenvalue weighted by atomic mass is 9.99. The topological polar surface area (TPSA) is 15.3 Å². The summed E-state index contributed by atoms with van der Waals surface area (Å²) in [5, 5.41) is 3.49. The SMILES string of the molecule is CCc1ccc(CN(C)CC2CCCNC2)cc1. The number of nitrogens with one attached hydrogen (secondary N) is 1. The number of nitrogens with zero attached hydrogens (tertiary/aromatic N) is 1. The number of piperidine rings is 1. The van der Waals surface area contributed by atoms with Crippen LogP contribution in [0.15, 0.2) is 24.3 Å². The zero-order chi connectivity index (χ0) is 12.8. The van der Waals surface area contributed by atoms with Crippen LogP contribution in [0.5, 0.6) is 0 Å². The van der Waals surface area contributed by atoms with Gasteiger partial charge in [0.1, 0.15) is 0 Å². The Morgan fingerprint density at radius 2 is 1.94 bits per heavy atom. The van der Waals surface area contributed by atoms with Gasteiger partial charge in [-0.15, -0.1) is 0 Å². The first-order valence-electron chi connectivity index (χ1n) is 7.25. The van der Waals surface area contributed by atoms with Gasteiger partial charge < -0.3 is 10.2 Å². The molecule has 0 spiro atoms. The van der Waals surface area contributed by atoms with Crippen molar-refractivity contribution < 1.29 is 0 Å². The average Bonchev–Trinajstić information content (AvgIpc) is 2.40. The highest BCUT2D eigenvalue weighted by Gasteiger charge is 2.14. The third-order valence-corrected chi connectivity index (χ3v) is 3.85. The summed E-state index contributed by atoms with van der Waals surface area (Å²) in [4.78, 5) is 2.46. The molecule has 1 aliphatic rings. The molecule has 0 saturated carbocycles. The van der Waals surface area contributed by atoms with E-state index in [9.17, 15) is 0 Å². The van der Waals surface area contributed by atoms with E-state index in [1.54, 1.807) is 0 Å². The van der Waals surface area contributed by atoms with Crippen LogP contribution in [0, 0.1) is 5.92 Å². The molecule has 2 rings (SSSR count). The van der Waals surface area contributed by atoms with Gasteiger partial charge in [0.2, 0.25) is 0 Å². The summed E-state index contributed by atoms with van der Waals surface area (Å²) in [7, 11) is 2.24. The van der Waals surface area contributed by atoms with E-state index >= 15 is 0 Å². The van der Waals surface area contributed by atoms with Crippen molar-refractivity contribution in [3.63, 3.8) is 0 Å². The Hall–Kier alpha value is -0.860. The Labute approximate surface area is 111 Å². The van der Waals surface area contributed by atoms with E-state index in [1.807, 2.05) is 0 Å². The number of benzene rings is 1. The molecule has 1 aromatic rings. The fourth-order valence-corrected chi connectivity index (χ4v) is 2.78. The molecule has 0 radical (unpaired) electrons. The smallest absolute Gasteiger partial charge is 0.0230 e. The fraction of sp³-hybridized carbons (Fsp3) is 0.625. The number of rotatable bonds is 5. The van der Waals surface area contributed by atoms with Crippen molar-refractivity contribution in [3.05, 3.63) is 35.4 Å². The number of aryl methyl sites for hydroxylation is 1. The van der Waals surface area contributed by atoms with Crippen molar-refractivity contribution in [2.45, 2.75) is 32.7 Å². The summed E-state index contributed by atoms with van der Waals surface area (Å²) < 4.78 is 0. The summed E-state index contributed by atoms with van der Waals surface area (Å²) in [5.74, 6) is 0.832. The van der Waals surface area contributed by atoms with Crippen molar-refractivity contribution in [1.82, 2.24) is 10.2 Å². The molecule has 18 heavy (non-hydrogen) atoms. The third kappa shape index (κ3) is 4.11. The standard InChI is InChI=1S/C16H26N2/c1-3-14-6-8-15(9-7-14)12-18(2)13-16-5-4-10-17-11-16/h6-9,16-17H,3-5,10-13H2,1-2H3. The molecule has 0 amide bonds. The van der Waals surface area contributed by atoms with Crippen LogP contribution in [0.1, 0.15) is 30.9 Å². The zero-order valence-corrected chi connectivity index (χ0v) is 11.8. The van der Waals surface area contributed by atoms with E-state index in [1.165, 1.54) is 43.6 Å². The van der Waals surface area contributed by atoms with Gasteiger partial charge in [-0.1, -0.05) is 31.2 Å². The van der Waals surface area contributed by atoms with Gasteiger partial charge in [-0.3, -0.25) is 0 Å².